The van der Waals surface area contributed by atoms with Gasteiger partial charge >= 0.3 is 0 Å². The van der Waals surface area contributed by atoms with Crippen molar-refractivity contribution in [2.24, 2.45) is 0 Å². The average Bonchev–Trinajstić information content (AvgIpc) is 3.33. The van der Waals surface area contributed by atoms with E-state index < -0.39 is 10.0 Å². The van der Waals surface area contributed by atoms with Crippen molar-refractivity contribution in [3.63, 3.8) is 0 Å². The number of hydrogen-bond acceptors (Lipinski definition) is 5. The molecule has 0 aliphatic carbocycles. The number of nitrogens with zero attached hydrogens (tertiary/aromatic N) is 1. The van der Waals surface area contributed by atoms with E-state index >= 15 is 0 Å². The number of para-hydroxylation sites is 4. The molecule has 5 rings (SSSR count). The minimum atomic E-state index is -3.89. The summed E-state index contributed by atoms with van der Waals surface area (Å²) in [6.07, 6.45) is 0. The van der Waals surface area contributed by atoms with E-state index in [-0.39, 0.29) is 10.8 Å². The van der Waals surface area contributed by atoms with Gasteiger partial charge in [0, 0.05) is 16.8 Å². The lowest BCUT2D eigenvalue weighted by Gasteiger charge is -2.14. The number of amides is 1. The molecule has 0 aliphatic rings. The molecule has 1 heterocycles. The third-order valence-corrected chi connectivity index (χ3v) is 7.41. The number of carbonyl (C=O) groups is 1. The molecular formula is C28H24N4O4S. The van der Waals surface area contributed by atoms with Gasteiger partial charge in [-0.2, -0.15) is 0 Å². The number of imidazole rings is 1. The van der Waals surface area contributed by atoms with Crippen LogP contribution in [0.25, 0.3) is 22.4 Å². The number of nitrogens with one attached hydrogen (secondary N) is 3. The number of sulfonamides is 1. The van der Waals surface area contributed by atoms with Crippen LogP contribution in [0.5, 0.6) is 5.75 Å². The highest BCUT2D eigenvalue weighted by Crippen LogP contribution is 2.28. The highest BCUT2D eigenvalue weighted by molar-refractivity contribution is 7.92. The molecule has 186 valence electrons. The third-order valence-electron chi connectivity index (χ3n) is 5.88. The molecule has 3 N–H and O–H groups in total. The Labute approximate surface area is 214 Å². The van der Waals surface area contributed by atoms with Crippen molar-refractivity contribution in [1.82, 2.24) is 9.97 Å². The van der Waals surface area contributed by atoms with Crippen LogP contribution < -0.4 is 14.8 Å². The lowest BCUT2D eigenvalue weighted by Crippen LogP contribution is -2.16. The van der Waals surface area contributed by atoms with Crippen LogP contribution in [0.2, 0.25) is 0 Å². The van der Waals surface area contributed by atoms with Gasteiger partial charge in [0.2, 0.25) is 0 Å². The van der Waals surface area contributed by atoms with Gasteiger partial charge in [-0.25, -0.2) is 13.4 Å². The monoisotopic (exact) mass is 512 g/mol. The summed E-state index contributed by atoms with van der Waals surface area (Å²) in [6, 6.07) is 26.3. The average molecular weight is 513 g/mol. The molecule has 0 bridgehead atoms. The van der Waals surface area contributed by atoms with Crippen molar-refractivity contribution in [3.05, 3.63) is 102 Å². The summed E-state index contributed by atoms with van der Waals surface area (Å²) in [5.41, 5.74) is 4.45. The highest BCUT2D eigenvalue weighted by atomic mass is 32.2. The number of hydrogen-bond donors (Lipinski definition) is 3. The summed E-state index contributed by atoms with van der Waals surface area (Å²) >= 11 is 0. The Bertz CT molecular complexity index is 1680. The van der Waals surface area contributed by atoms with Gasteiger partial charge in [0.15, 0.2) is 0 Å². The third kappa shape index (κ3) is 5.03. The first-order chi connectivity index (χ1) is 17.8. The van der Waals surface area contributed by atoms with Crippen LogP contribution in [0, 0.1) is 6.92 Å². The molecule has 0 saturated carbocycles. The van der Waals surface area contributed by atoms with Crippen LogP contribution >= 0.6 is 0 Å². The van der Waals surface area contributed by atoms with Crippen molar-refractivity contribution in [1.29, 1.82) is 0 Å². The molecule has 1 amide bonds. The predicted molar refractivity (Wildman–Crippen MR) is 144 cm³/mol. The number of aryl methyl sites for hydroxylation is 1. The van der Waals surface area contributed by atoms with Gasteiger partial charge in [0.05, 0.1) is 28.7 Å². The zero-order chi connectivity index (χ0) is 26.0. The molecule has 37 heavy (non-hydrogen) atoms. The van der Waals surface area contributed by atoms with Gasteiger partial charge in [0.25, 0.3) is 15.9 Å². The van der Waals surface area contributed by atoms with Crippen LogP contribution in [0.1, 0.15) is 15.9 Å². The summed E-state index contributed by atoms with van der Waals surface area (Å²) in [5.74, 6) is 0.806. The fraction of sp³-hybridized carbons (Fsp3) is 0.0714. The first-order valence-corrected chi connectivity index (χ1v) is 13.0. The summed E-state index contributed by atoms with van der Waals surface area (Å²) in [4.78, 5) is 20.8. The number of fused-ring (bicyclic) bond motifs is 1. The van der Waals surface area contributed by atoms with E-state index in [1.807, 2.05) is 36.4 Å². The molecule has 0 atom stereocenters. The fourth-order valence-corrected chi connectivity index (χ4v) is 5.32. The van der Waals surface area contributed by atoms with Crippen LogP contribution in [0.3, 0.4) is 0 Å². The van der Waals surface area contributed by atoms with Crippen LogP contribution in [-0.2, 0) is 10.0 Å². The molecule has 0 fully saturated rings. The molecular weight excluding hydrogens is 488 g/mol. The Kier molecular flexibility index (Phi) is 6.37. The van der Waals surface area contributed by atoms with E-state index in [0.717, 1.165) is 22.4 Å². The van der Waals surface area contributed by atoms with Crippen molar-refractivity contribution >= 4 is 38.3 Å². The largest absolute Gasteiger partial charge is 0.495 e. The minimum Gasteiger partial charge on any atom is -0.495 e. The number of ether oxygens (including phenoxy) is 1. The number of benzene rings is 4. The Hall–Kier alpha value is -4.63. The lowest BCUT2D eigenvalue weighted by molar-refractivity contribution is 0.102. The number of aromatic nitrogens is 2. The summed E-state index contributed by atoms with van der Waals surface area (Å²) in [6.45, 7) is 1.65. The first-order valence-electron chi connectivity index (χ1n) is 11.5. The summed E-state index contributed by atoms with van der Waals surface area (Å²) < 4.78 is 33.8. The molecule has 8 nitrogen and oxygen atoms in total. The van der Waals surface area contributed by atoms with Crippen molar-refractivity contribution < 1.29 is 17.9 Å². The second kappa shape index (κ2) is 9.79. The van der Waals surface area contributed by atoms with E-state index in [1.54, 1.807) is 49.4 Å². The second-order valence-corrected chi connectivity index (χ2v) is 10.1. The Morgan fingerprint density at radius 2 is 1.65 bits per heavy atom. The molecule has 1 aromatic heterocycles. The van der Waals surface area contributed by atoms with Gasteiger partial charge in [-0.05, 0) is 79.2 Å². The highest BCUT2D eigenvalue weighted by Gasteiger charge is 2.20. The first kappa shape index (κ1) is 24.1. The lowest BCUT2D eigenvalue weighted by atomic mass is 10.1. The molecule has 5 aromatic rings. The van der Waals surface area contributed by atoms with Crippen molar-refractivity contribution in [2.45, 2.75) is 11.8 Å². The maximum absolute atomic E-state index is 13.0. The van der Waals surface area contributed by atoms with Crippen LogP contribution in [0.15, 0.2) is 95.9 Å². The Morgan fingerprint density at radius 1 is 0.919 bits per heavy atom. The SMILES string of the molecule is COc1ccccc1NS(=O)(=O)c1ccc(C(=O)Nc2ccc(-c3nc4ccccc4[nH]3)cc2)cc1C. The van der Waals surface area contributed by atoms with E-state index in [0.29, 0.717) is 28.3 Å². The van der Waals surface area contributed by atoms with E-state index in [1.165, 1.54) is 19.2 Å². The van der Waals surface area contributed by atoms with E-state index in [4.69, 9.17) is 4.74 Å². The molecule has 4 aromatic carbocycles. The minimum absolute atomic E-state index is 0.0742. The molecule has 0 saturated heterocycles. The molecule has 0 aliphatic heterocycles. The standard InChI is InChI=1S/C28H24N4O4S/c1-18-17-20(13-16-26(18)37(34,35)32-24-9-5-6-10-25(24)36-2)28(33)29-21-14-11-19(12-15-21)27-30-22-7-3-4-8-23(22)31-27/h3-17,32H,1-2H3,(H,29,33)(H,30,31). The quantitative estimate of drug-likeness (QED) is 0.263. The molecule has 0 unspecified atom stereocenters. The Balaban J connectivity index is 1.30. The number of aromatic amines is 1. The smallest absolute Gasteiger partial charge is 0.262 e. The van der Waals surface area contributed by atoms with E-state index in [9.17, 15) is 13.2 Å². The number of carbonyl (C=O) groups excluding carboxylic acids is 1. The summed E-state index contributed by atoms with van der Waals surface area (Å²) in [5, 5.41) is 2.85. The van der Waals surface area contributed by atoms with Crippen LogP contribution in [0.4, 0.5) is 11.4 Å². The molecule has 9 heteroatoms. The maximum atomic E-state index is 13.0. The summed E-state index contributed by atoms with van der Waals surface area (Å²) in [7, 11) is -2.42. The zero-order valence-electron chi connectivity index (χ0n) is 20.1. The number of methoxy groups -OCH3 is 1. The van der Waals surface area contributed by atoms with Gasteiger partial charge in [-0.3, -0.25) is 9.52 Å². The van der Waals surface area contributed by atoms with Crippen molar-refractivity contribution in [3.8, 4) is 17.1 Å². The number of anilines is 2. The normalized spacial score (nSPS) is 11.3. The van der Waals surface area contributed by atoms with Gasteiger partial charge in [-0.1, -0.05) is 24.3 Å². The predicted octanol–water partition coefficient (Wildman–Crippen LogP) is 5.60. The topological polar surface area (TPSA) is 113 Å². The maximum Gasteiger partial charge on any atom is 0.262 e. The van der Waals surface area contributed by atoms with Gasteiger partial charge in [-0.15, -0.1) is 0 Å². The molecule has 0 radical (unpaired) electrons. The fourth-order valence-electron chi connectivity index (χ4n) is 4.03. The number of rotatable bonds is 7. The van der Waals surface area contributed by atoms with Gasteiger partial charge < -0.3 is 15.0 Å². The van der Waals surface area contributed by atoms with E-state index in [2.05, 4.69) is 20.0 Å². The van der Waals surface area contributed by atoms with Gasteiger partial charge in [0.1, 0.15) is 11.6 Å². The molecule has 0 spiro atoms. The van der Waals surface area contributed by atoms with Crippen molar-refractivity contribution in [2.75, 3.05) is 17.1 Å². The number of H-pyrrole nitrogens is 1. The Morgan fingerprint density at radius 3 is 2.38 bits per heavy atom. The van der Waals surface area contributed by atoms with Crippen LogP contribution in [-0.4, -0.2) is 31.4 Å². The second-order valence-electron chi connectivity index (χ2n) is 8.42. The zero-order valence-corrected chi connectivity index (χ0v) is 21.0.